The molecule has 1 saturated carbocycles. The Morgan fingerprint density at radius 1 is 1.37 bits per heavy atom. The van der Waals surface area contributed by atoms with Crippen molar-refractivity contribution in [1.29, 1.82) is 0 Å². The first-order valence-electron chi connectivity index (χ1n) is 6.52. The van der Waals surface area contributed by atoms with E-state index >= 15 is 0 Å². The number of aromatic nitrogens is 1. The Morgan fingerprint density at radius 2 is 2.05 bits per heavy atom. The Morgan fingerprint density at radius 3 is 2.68 bits per heavy atom. The number of hydrogen-bond acceptors (Lipinski definition) is 6. The zero-order valence-corrected chi connectivity index (χ0v) is 13.1. The number of hydrogen-bond donors (Lipinski definition) is 2. The Bertz CT molecular complexity index is 553. The van der Waals surface area contributed by atoms with Crippen molar-refractivity contribution in [3.8, 4) is 0 Å². The molecule has 0 amide bonds. The van der Waals surface area contributed by atoms with Crippen molar-refractivity contribution in [1.82, 2.24) is 4.37 Å². The summed E-state index contributed by atoms with van der Waals surface area (Å²) in [7, 11) is -3.34. The molecule has 1 fully saturated rings. The van der Waals surface area contributed by atoms with E-state index in [1.807, 2.05) is 0 Å². The highest BCUT2D eigenvalue weighted by molar-refractivity contribution is 7.91. The van der Waals surface area contributed by atoms with Gasteiger partial charge in [0.25, 0.3) is 0 Å². The zero-order chi connectivity index (χ0) is 14.2. The summed E-state index contributed by atoms with van der Waals surface area (Å²) in [4.78, 5) is 0.155. The van der Waals surface area contributed by atoms with Gasteiger partial charge in [-0.15, -0.1) is 0 Å². The molecule has 1 heterocycles. The predicted molar refractivity (Wildman–Crippen MR) is 79.2 cm³/mol. The number of nitrogens with two attached hydrogens (primary N) is 1. The monoisotopic (exact) mass is 303 g/mol. The number of nitrogens with one attached hydrogen (secondary N) is 1. The van der Waals surface area contributed by atoms with Crippen molar-refractivity contribution in [2.45, 2.75) is 44.0 Å². The van der Waals surface area contributed by atoms with Crippen LogP contribution in [0.15, 0.2) is 4.90 Å². The van der Waals surface area contributed by atoms with Crippen molar-refractivity contribution in [3.05, 3.63) is 0 Å². The molecular weight excluding hydrogens is 282 g/mol. The van der Waals surface area contributed by atoms with Crippen molar-refractivity contribution >= 4 is 32.2 Å². The average molecular weight is 303 g/mol. The maximum absolute atomic E-state index is 11.8. The van der Waals surface area contributed by atoms with Crippen LogP contribution in [0, 0.1) is 11.8 Å². The summed E-state index contributed by atoms with van der Waals surface area (Å²) in [5.41, 5.74) is 5.67. The van der Waals surface area contributed by atoms with Crippen LogP contribution in [-0.2, 0) is 9.84 Å². The molecule has 1 aliphatic rings. The molecule has 1 aromatic rings. The highest BCUT2D eigenvalue weighted by Gasteiger charge is 2.30. The van der Waals surface area contributed by atoms with Gasteiger partial charge in [0.2, 0.25) is 0 Å². The van der Waals surface area contributed by atoms with Crippen LogP contribution in [0.2, 0.25) is 0 Å². The Labute approximate surface area is 118 Å². The van der Waals surface area contributed by atoms with Gasteiger partial charge in [-0.2, -0.15) is 4.37 Å². The number of nitrogen functional groups attached to an aromatic ring is 1. The molecule has 5 nitrogen and oxygen atoms in total. The van der Waals surface area contributed by atoms with Gasteiger partial charge < -0.3 is 11.1 Å². The molecule has 0 spiro atoms. The van der Waals surface area contributed by atoms with Crippen molar-refractivity contribution in [3.63, 3.8) is 0 Å². The summed E-state index contributed by atoms with van der Waals surface area (Å²) >= 11 is 1.13. The lowest BCUT2D eigenvalue weighted by molar-refractivity contribution is 0.253. The Balaban J connectivity index is 2.25. The van der Waals surface area contributed by atoms with Crippen LogP contribution in [0.3, 0.4) is 0 Å². The van der Waals surface area contributed by atoms with Crippen LogP contribution in [0.5, 0.6) is 0 Å². The van der Waals surface area contributed by atoms with E-state index < -0.39 is 9.84 Å². The van der Waals surface area contributed by atoms with Crippen molar-refractivity contribution < 1.29 is 8.42 Å². The third-order valence-corrected chi connectivity index (χ3v) is 6.14. The van der Waals surface area contributed by atoms with E-state index in [-0.39, 0.29) is 10.7 Å². The molecule has 3 unspecified atom stereocenters. The predicted octanol–water partition coefficient (Wildman–Crippen LogP) is 2.37. The summed E-state index contributed by atoms with van der Waals surface area (Å²) < 4.78 is 27.5. The van der Waals surface area contributed by atoms with Gasteiger partial charge in [-0.25, -0.2) is 8.42 Å². The normalized spacial score (nSPS) is 28.3. The van der Waals surface area contributed by atoms with Crippen LogP contribution < -0.4 is 11.1 Å². The molecule has 0 aliphatic heterocycles. The average Bonchev–Trinajstić information content (AvgIpc) is 2.66. The molecule has 1 aliphatic carbocycles. The number of nitrogens with zero attached hydrogens (tertiary/aromatic N) is 1. The second-order valence-corrected chi connectivity index (χ2v) is 8.24. The van der Waals surface area contributed by atoms with E-state index in [2.05, 4.69) is 23.5 Å². The summed E-state index contributed by atoms with van der Waals surface area (Å²) in [5, 5.41) is 3.94. The van der Waals surface area contributed by atoms with Gasteiger partial charge in [-0.1, -0.05) is 26.7 Å². The summed E-state index contributed by atoms with van der Waals surface area (Å²) in [6, 6.07) is 0.295. The summed E-state index contributed by atoms with van der Waals surface area (Å²) in [5.74, 6) is 1.27. The molecule has 19 heavy (non-hydrogen) atoms. The molecule has 0 aromatic carbocycles. The van der Waals surface area contributed by atoms with Crippen LogP contribution in [-0.4, -0.2) is 25.1 Å². The van der Waals surface area contributed by atoms with Gasteiger partial charge in [-0.3, -0.25) is 0 Å². The topological polar surface area (TPSA) is 85.1 Å². The van der Waals surface area contributed by atoms with E-state index in [9.17, 15) is 8.42 Å². The number of anilines is 2. The summed E-state index contributed by atoms with van der Waals surface area (Å²) in [6.45, 7) is 4.46. The third-order valence-electron chi connectivity index (χ3n) is 4.07. The molecular formula is C12H21N3O2S2. The zero-order valence-electron chi connectivity index (χ0n) is 11.5. The largest absolute Gasteiger partial charge is 0.382 e. The van der Waals surface area contributed by atoms with Crippen molar-refractivity contribution in [2.75, 3.05) is 17.3 Å². The molecule has 3 N–H and O–H groups in total. The molecule has 1 aromatic heterocycles. The van der Waals surface area contributed by atoms with E-state index in [4.69, 9.17) is 5.73 Å². The molecule has 2 rings (SSSR count). The maximum atomic E-state index is 11.8. The van der Waals surface area contributed by atoms with E-state index in [1.54, 1.807) is 0 Å². The van der Waals surface area contributed by atoms with Gasteiger partial charge in [0.1, 0.15) is 9.90 Å². The standard InChI is InChI=1S/C12H21N3O2S2/c1-7-5-4-6-9(8(7)2)14-12-10(19(3,16)17)11(13)15-18-12/h7-9,14H,4-6H2,1-3H3,(H2,13,15). The Hall–Kier alpha value is -0.820. The second kappa shape index (κ2) is 5.28. The fourth-order valence-electron chi connectivity index (χ4n) is 2.70. The fraction of sp³-hybridized carbons (Fsp3) is 0.750. The van der Waals surface area contributed by atoms with Crippen LogP contribution in [0.4, 0.5) is 10.8 Å². The lowest BCUT2D eigenvalue weighted by Gasteiger charge is -2.34. The SMILES string of the molecule is CC1CCCC(Nc2snc(N)c2S(C)(=O)=O)C1C. The van der Waals surface area contributed by atoms with E-state index in [0.29, 0.717) is 22.9 Å². The van der Waals surface area contributed by atoms with Crippen molar-refractivity contribution in [2.24, 2.45) is 11.8 Å². The van der Waals surface area contributed by atoms with Gasteiger partial charge >= 0.3 is 0 Å². The lowest BCUT2D eigenvalue weighted by Crippen LogP contribution is -2.35. The Kier molecular flexibility index (Phi) is 4.06. The quantitative estimate of drug-likeness (QED) is 0.895. The maximum Gasteiger partial charge on any atom is 0.182 e. The van der Waals surface area contributed by atoms with Crippen LogP contribution >= 0.6 is 11.5 Å². The molecule has 0 bridgehead atoms. The number of sulfone groups is 1. The fourth-order valence-corrected chi connectivity index (χ4v) is 4.82. The third kappa shape index (κ3) is 3.02. The molecule has 0 saturated heterocycles. The summed E-state index contributed by atoms with van der Waals surface area (Å²) in [6.07, 6.45) is 4.65. The molecule has 3 atom stereocenters. The minimum Gasteiger partial charge on any atom is -0.382 e. The highest BCUT2D eigenvalue weighted by Crippen LogP contribution is 2.36. The highest BCUT2D eigenvalue weighted by atomic mass is 32.2. The number of rotatable bonds is 3. The minimum atomic E-state index is -3.34. The first-order chi connectivity index (χ1) is 8.80. The van der Waals surface area contributed by atoms with Crippen LogP contribution in [0.1, 0.15) is 33.1 Å². The molecule has 0 radical (unpaired) electrons. The van der Waals surface area contributed by atoms with Gasteiger partial charge in [-0.05, 0) is 29.8 Å². The first kappa shape index (κ1) is 14.6. The minimum absolute atomic E-state index is 0.103. The molecule has 7 heteroatoms. The first-order valence-corrected chi connectivity index (χ1v) is 9.19. The van der Waals surface area contributed by atoms with E-state index in [1.165, 1.54) is 19.1 Å². The smallest absolute Gasteiger partial charge is 0.182 e. The second-order valence-electron chi connectivity index (χ2n) is 5.52. The van der Waals surface area contributed by atoms with Gasteiger partial charge in [0.05, 0.1) is 0 Å². The van der Waals surface area contributed by atoms with Crippen LogP contribution in [0.25, 0.3) is 0 Å². The lowest BCUT2D eigenvalue weighted by atomic mass is 9.78. The van der Waals surface area contributed by atoms with Gasteiger partial charge in [0.15, 0.2) is 15.7 Å². The van der Waals surface area contributed by atoms with E-state index in [0.717, 1.165) is 18.0 Å². The molecule has 108 valence electrons. The van der Waals surface area contributed by atoms with Gasteiger partial charge in [0, 0.05) is 12.3 Å².